The van der Waals surface area contributed by atoms with Gasteiger partial charge in [-0.05, 0) is 19.8 Å². The van der Waals surface area contributed by atoms with E-state index in [1.165, 1.54) is 0 Å². The van der Waals surface area contributed by atoms with Gasteiger partial charge in [-0.3, -0.25) is 0 Å². The Morgan fingerprint density at radius 2 is 2.40 bits per heavy atom. The largest absolute Gasteiger partial charge is 0.392 e. The van der Waals surface area contributed by atoms with Crippen LogP contribution in [-0.4, -0.2) is 23.8 Å². The summed E-state index contributed by atoms with van der Waals surface area (Å²) >= 11 is 0. The first-order valence-electron chi connectivity index (χ1n) is 3.65. The highest BCUT2D eigenvalue weighted by molar-refractivity contribution is 4.99. The third-order valence-corrected chi connectivity index (χ3v) is 1.87. The molecule has 10 heavy (non-hydrogen) atoms. The van der Waals surface area contributed by atoms with Crippen molar-refractivity contribution in [3.05, 3.63) is 0 Å². The second-order valence-electron chi connectivity index (χ2n) is 2.56. The first kappa shape index (κ1) is 7.59. The fourth-order valence-corrected chi connectivity index (χ4v) is 0.991. The molecule has 2 nitrogen and oxygen atoms in total. The molecule has 0 aliphatic heterocycles. The van der Waals surface area contributed by atoms with Crippen molar-refractivity contribution in [1.29, 1.82) is 0 Å². The molecule has 0 aromatic rings. The third kappa shape index (κ3) is 1.73. The van der Waals surface area contributed by atoms with Crippen LogP contribution in [-0.2, 0) is 0 Å². The van der Waals surface area contributed by atoms with Gasteiger partial charge < -0.3 is 10.4 Å². The smallest absolute Gasteiger partial charge is 0.0694 e. The molecule has 1 fully saturated rings. The first-order chi connectivity index (χ1) is 4.84. The first-order valence-corrected chi connectivity index (χ1v) is 3.65. The fourth-order valence-electron chi connectivity index (χ4n) is 0.991. The Bertz CT molecular complexity index is 156. The summed E-state index contributed by atoms with van der Waals surface area (Å²) in [6.07, 6.45) is 1.91. The lowest BCUT2D eigenvalue weighted by molar-refractivity contribution is 0.0523. The van der Waals surface area contributed by atoms with E-state index in [9.17, 15) is 0 Å². The minimum atomic E-state index is -0.126. The Hall–Kier alpha value is -0.520. The zero-order chi connectivity index (χ0) is 7.40. The van der Waals surface area contributed by atoms with Gasteiger partial charge in [0.05, 0.1) is 12.6 Å². The maximum Gasteiger partial charge on any atom is 0.0694 e. The molecule has 1 aliphatic rings. The Labute approximate surface area is 61.6 Å². The molecular weight excluding hydrogens is 126 g/mol. The Kier molecular flexibility index (Phi) is 2.73. The molecule has 1 rings (SSSR count). The summed E-state index contributed by atoms with van der Waals surface area (Å²) in [6.45, 7) is 2.52. The van der Waals surface area contributed by atoms with Crippen LogP contribution < -0.4 is 5.32 Å². The molecule has 2 N–H and O–H groups in total. The third-order valence-electron chi connectivity index (χ3n) is 1.87. The molecule has 2 heteroatoms. The van der Waals surface area contributed by atoms with Crippen molar-refractivity contribution in [2.75, 3.05) is 6.54 Å². The van der Waals surface area contributed by atoms with E-state index in [4.69, 9.17) is 5.11 Å². The van der Waals surface area contributed by atoms with Gasteiger partial charge in [-0.25, -0.2) is 0 Å². The summed E-state index contributed by atoms with van der Waals surface area (Å²) in [4.78, 5) is 0. The highest BCUT2D eigenvalue weighted by atomic mass is 16.3. The van der Waals surface area contributed by atoms with Gasteiger partial charge in [0, 0.05) is 6.04 Å². The maximum absolute atomic E-state index is 9.10. The van der Waals surface area contributed by atoms with Gasteiger partial charge in [0.2, 0.25) is 0 Å². The van der Waals surface area contributed by atoms with Crippen molar-refractivity contribution in [1.82, 2.24) is 5.32 Å². The Morgan fingerprint density at radius 3 is 2.80 bits per heavy atom. The van der Waals surface area contributed by atoms with Crippen molar-refractivity contribution in [3.63, 3.8) is 0 Å². The summed E-state index contributed by atoms with van der Waals surface area (Å²) in [5.74, 6) is 5.69. The predicted molar refractivity (Wildman–Crippen MR) is 40.5 cm³/mol. The van der Waals surface area contributed by atoms with Crippen molar-refractivity contribution in [2.45, 2.75) is 31.9 Å². The fraction of sp³-hybridized carbons (Fsp3) is 0.750. The molecule has 0 bridgehead atoms. The van der Waals surface area contributed by atoms with Gasteiger partial charge in [0.15, 0.2) is 0 Å². The van der Waals surface area contributed by atoms with Crippen molar-refractivity contribution in [3.8, 4) is 11.8 Å². The van der Waals surface area contributed by atoms with E-state index in [0.29, 0.717) is 12.6 Å². The Morgan fingerprint density at radius 1 is 1.60 bits per heavy atom. The van der Waals surface area contributed by atoms with Crippen LogP contribution in [0.4, 0.5) is 0 Å². The molecule has 2 unspecified atom stereocenters. The molecule has 0 aromatic carbocycles. The average Bonchev–Trinajstić information content (AvgIpc) is 1.95. The SMILES string of the molecule is CC#CCNC1CCC1O. The average molecular weight is 139 g/mol. The number of aliphatic hydroxyl groups is 1. The van der Waals surface area contributed by atoms with Gasteiger partial charge in [-0.15, -0.1) is 5.92 Å². The van der Waals surface area contributed by atoms with Crippen LogP contribution in [0.1, 0.15) is 19.8 Å². The van der Waals surface area contributed by atoms with E-state index >= 15 is 0 Å². The van der Waals surface area contributed by atoms with Crippen LogP contribution in [0.2, 0.25) is 0 Å². The molecule has 0 saturated heterocycles. The quantitative estimate of drug-likeness (QED) is 0.533. The molecular formula is C8H13NO. The predicted octanol–water partition coefficient (Wildman–Crippen LogP) is 0.123. The molecule has 1 saturated carbocycles. The topological polar surface area (TPSA) is 32.3 Å². The lowest BCUT2D eigenvalue weighted by atomic mass is 9.89. The number of hydrogen-bond donors (Lipinski definition) is 2. The van der Waals surface area contributed by atoms with E-state index in [2.05, 4.69) is 17.2 Å². The van der Waals surface area contributed by atoms with Crippen molar-refractivity contribution >= 4 is 0 Å². The van der Waals surface area contributed by atoms with Crippen LogP contribution in [0.3, 0.4) is 0 Å². The number of rotatable bonds is 2. The van der Waals surface area contributed by atoms with Gasteiger partial charge in [-0.2, -0.15) is 0 Å². The van der Waals surface area contributed by atoms with Crippen molar-refractivity contribution in [2.24, 2.45) is 0 Å². The van der Waals surface area contributed by atoms with E-state index < -0.39 is 0 Å². The molecule has 0 heterocycles. The lowest BCUT2D eigenvalue weighted by Gasteiger charge is -2.32. The number of nitrogens with one attached hydrogen (secondary N) is 1. The summed E-state index contributed by atoms with van der Waals surface area (Å²) in [5, 5.41) is 12.2. The zero-order valence-corrected chi connectivity index (χ0v) is 6.22. The maximum atomic E-state index is 9.10. The lowest BCUT2D eigenvalue weighted by Crippen LogP contribution is -2.47. The van der Waals surface area contributed by atoms with E-state index in [0.717, 1.165) is 12.8 Å². The molecule has 0 spiro atoms. The van der Waals surface area contributed by atoms with Gasteiger partial charge in [-0.1, -0.05) is 5.92 Å². The van der Waals surface area contributed by atoms with Gasteiger partial charge in [0.25, 0.3) is 0 Å². The van der Waals surface area contributed by atoms with Crippen LogP contribution in [0.15, 0.2) is 0 Å². The molecule has 0 aromatic heterocycles. The summed E-state index contributed by atoms with van der Waals surface area (Å²) in [7, 11) is 0. The highest BCUT2D eigenvalue weighted by Crippen LogP contribution is 2.18. The zero-order valence-electron chi connectivity index (χ0n) is 6.22. The second-order valence-corrected chi connectivity index (χ2v) is 2.56. The van der Waals surface area contributed by atoms with E-state index in [1.54, 1.807) is 0 Å². The molecule has 1 aliphatic carbocycles. The second kappa shape index (κ2) is 3.60. The van der Waals surface area contributed by atoms with Crippen LogP contribution in [0.25, 0.3) is 0 Å². The summed E-state index contributed by atoms with van der Waals surface area (Å²) in [5.41, 5.74) is 0. The summed E-state index contributed by atoms with van der Waals surface area (Å²) < 4.78 is 0. The molecule has 2 atom stereocenters. The van der Waals surface area contributed by atoms with Crippen LogP contribution in [0.5, 0.6) is 0 Å². The highest BCUT2D eigenvalue weighted by Gasteiger charge is 2.27. The monoisotopic (exact) mass is 139 g/mol. The van der Waals surface area contributed by atoms with Gasteiger partial charge >= 0.3 is 0 Å². The van der Waals surface area contributed by atoms with E-state index in [-0.39, 0.29) is 6.10 Å². The Balaban J connectivity index is 2.06. The van der Waals surface area contributed by atoms with E-state index in [1.807, 2.05) is 6.92 Å². The standard InChI is InChI=1S/C8H13NO/c1-2-3-6-9-7-4-5-8(7)10/h7-10H,4-6H2,1H3. The molecule has 0 radical (unpaired) electrons. The van der Waals surface area contributed by atoms with Crippen LogP contribution in [0, 0.1) is 11.8 Å². The minimum Gasteiger partial charge on any atom is -0.392 e. The minimum absolute atomic E-state index is 0.126. The number of hydrogen-bond acceptors (Lipinski definition) is 2. The normalized spacial score (nSPS) is 30.2. The molecule has 0 amide bonds. The number of aliphatic hydroxyl groups excluding tert-OH is 1. The summed E-state index contributed by atoms with van der Waals surface area (Å²) in [6, 6.07) is 0.306. The van der Waals surface area contributed by atoms with Crippen molar-refractivity contribution < 1.29 is 5.11 Å². The molecule has 56 valence electrons. The van der Waals surface area contributed by atoms with Gasteiger partial charge in [0.1, 0.15) is 0 Å². The van der Waals surface area contributed by atoms with Crippen LogP contribution >= 0.6 is 0 Å².